The summed E-state index contributed by atoms with van der Waals surface area (Å²) in [4.78, 5) is 28.5. The van der Waals surface area contributed by atoms with Crippen LogP contribution in [0, 0.1) is 0 Å². The standard InChI is InChI=1S/C19H22N4O2.2ClH/c20-16-6-4-5-15(13-16)19(25)23-11-9-22(10-12-23)14-18(24)21-17-7-2-1-3-8-17;;/h1-8,13H,9-12,14,20H2,(H,21,24);2*1H. The number of nitrogens with zero attached hydrogens (tertiary/aromatic N) is 2. The molecule has 2 aromatic rings. The van der Waals surface area contributed by atoms with Gasteiger partial charge in [0, 0.05) is 43.1 Å². The summed E-state index contributed by atoms with van der Waals surface area (Å²) in [6, 6.07) is 16.4. The summed E-state index contributed by atoms with van der Waals surface area (Å²) in [5.74, 6) is -0.0532. The molecule has 1 aliphatic rings. The minimum atomic E-state index is -0.0400. The van der Waals surface area contributed by atoms with Crippen LogP contribution in [-0.4, -0.2) is 54.3 Å². The Kier molecular flexibility index (Phi) is 9.08. The molecule has 8 heteroatoms. The molecule has 1 fully saturated rings. The first-order valence-corrected chi connectivity index (χ1v) is 8.34. The smallest absolute Gasteiger partial charge is 0.254 e. The molecule has 6 nitrogen and oxygen atoms in total. The summed E-state index contributed by atoms with van der Waals surface area (Å²) in [5, 5.41) is 2.88. The number of hydrogen-bond donors (Lipinski definition) is 2. The van der Waals surface area contributed by atoms with Crippen LogP contribution in [0.5, 0.6) is 0 Å². The van der Waals surface area contributed by atoms with E-state index in [0.29, 0.717) is 44.0 Å². The highest BCUT2D eigenvalue weighted by atomic mass is 35.5. The van der Waals surface area contributed by atoms with E-state index in [2.05, 4.69) is 10.2 Å². The highest BCUT2D eigenvalue weighted by Crippen LogP contribution is 2.12. The van der Waals surface area contributed by atoms with Gasteiger partial charge >= 0.3 is 0 Å². The molecule has 27 heavy (non-hydrogen) atoms. The molecule has 3 N–H and O–H groups in total. The zero-order valence-electron chi connectivity index (χ0n) is 14.8. The lowest BCUT2D eigenvalue weighted by molar-refractivity contribution is -0.117. The Labute approximate surface area is 171 Å². The first-order valence-electron chi connectivity index (χ1n) is 8.34. The molecule has 1 heterocycles. The van der Waals surface area contributed by atoms with Gasteiger partial charge in [-0.1, -0.05) is 24.3 Å². The molecular weight excluding hydrogens is 387 g/mol. The highest BCUT2D eigenvalue weighted by Gasteiger charge is 2.23. The predicted octanol–water partition coefficient (Wildman–Crippen LogP) is 2.51. The van der Waals surface area contributed by atoms with E-state index < -0.39 is 0 Å². The van der Waals surface area contributed by atoms with Crippen molar-refractivity contribution in [3.63, 3.8) is 0 Å². The first-order chi connectivity index (χ1) is 12.1. The van der Waals surface area contributed by atoms with Crippen LogP contribution in [0.1, 0.15) is 10.4 Å². The Balaban J connectivity index is 0.00000182. The van der Waals surface area contributed by atoms with E-state index in [0.717, 1.165) is 5.69 Å². The Morgan fingerprint density at radius 3 is 2.22 bits per heavy atom. The van der Waals surface area contributed by atoms with Gasteiger partial charge in [-0.05, 0) is 30.3 Å². The molecule has 146 valence electrons. The highest BCUT2D eigenvalue weighted by molar-refractivity contribution is 5.95. The molecule has 2 aromatic carbocycles. The van der Waals surface area contributed by atoms with Crippen LogP contribution in [0.3, 0.4) is 0 Å². The summed E-state index contributed by atoms with van der Waals surface area (Å²) in [6.45, 7) is 2.89. The minimum absolute atomic E-state index is 0. The molecule has 1 saturated heterocycles. The molecule has 0 aliphatic carbocycles. The second-order valence-electron chi connectivity index (χ2n) is 6.11. The second kappa shape index (κ2) is 10.8. The van der Waals surface area contributed by atoms with Gasteiger partial charge in [-0.2, -0.15) is 0 Å². The summed E-state index contributed by atoms with van der Waals surface area (Å²) >= 11 is 0. The van der Waals surface area contributed by atoms with Crippen molar-refractivity contribution in [3.05, 3.63) is 60.2 Å². The van der Waals surface area contributed by atoms with E-state index in [9.17, 15) is 9.59 Å². The number of nitrogens with one attached hydrogen (secondary N) is 1. The van der Waals surface area contributed by atoms with Gasteiger partial charge < -0.3 is 16.0 Å². The number of para-hydroxylation sites is 1. The summed E-state index contributed by atoms with van der Waals surface area (Å²) in [6.07, 6.45) is 0. The normalized spacial score (nSPS) is 13.9. The molecule has 2 amide bonds. The number of piperazine rings is 1. The third kappa shape index (κ3) is 6.43. The Hall–Kier alpha value is -2.28. The zero-order chi connectivity index (χ0) is 17.6. The van der Waals surface area contributed by atoms with Gasteiger partial charge in [-0.3, -0.25) is 14.5 Å². The number of anilines is 2. The fourth-order valence-electron chi connectivity index (χ4n) is 2.89. The van der Waals surface area contributed by atoms with Crippen LogP contribution in [0.2, 0.25) is 0 Å². The molecule has 0 bridgehead atoms. The zero-order valence-corrected chi connectivity index (χ0v) is 16.5. The number of benzene rings is 2. The molecule has 0 saturated carbocycles. The SMILES string of the molecule is Cl.Cl.Nc1cccc(C(=O)N2CCN(CC(=O)Nc3ccccc3)CC2)c1. The lowest BCUT2D eigenvalue weighted by Gasteiger charge is -2.34. The average Bonchev–Trinajstić information content (AvgIpc) is 2.62. The number of nitrogens with two attached hydrogens (primary N) is 1. The predicted molar refractivity (Wildman–Crippen MR) is 113 cm³/mol. The third-order valence-corrected chi connectivity index (χ3v) is 4.22. The van der Waals surface area contributed by atoms with E-state index in [-0.39, 0.29) is 36.6 Å². The van der Waals surface area contributed by atoms with Gasteiger partial charge in [-0.25, -0.2) is 0 Å². The van der Waals surface area contributed by atoms with Gasteiger partial charge in [0.1, 0.15) is 0 Å². The first kappa shape index (κ1) is 22.8. The van der Waals surface area contributed by atoms with Crippen molar-refractivity contribution in [2.24, 2.45) is 0 Å². The van der Waals surface area contributed by atoms with Crippen LogP contribution in [0.25, 0.3) is 0 Å². The van der Waals surface area contributed by atoms with Crippen LogP contribution in [0.4, 0.5) is 11.4 Å². The van der Waals surface area contributed by atoms with E-state index in [1.54, 1.807) is 29.2 Å². The number of amides is 2. The van der Waals surface area contributed by atoms with Crippen molar-refractivity contribution in [1.82, 2.24) is 9.80 Å². The van der Waals surface area contributed by atoms with Crippen molar-refractivity contribution in [2.45, 2.75) is 0 Å². The van der Waals surface area contributed by atoms with E-state index in [1.165, 1.54) is 0 Å². The largest absolute Gasteiger partial charge is 0.399 e. The molecule has 0 atom stereocenters. The van der Waals surface area contributed by atoms with Crippen LogP contribution in [0.15, 0.2) is 54.6 Å². The summed E-state index contributed by atoms with van der Waals surface area (Å²) < 4.78 is 0. The Bertz CT molecular complexity index is 750. The maximum atomic E-state index is 12.5. The quantitative estimate of drug-likeness (QED) is 0.758. The lowest BCUT2D eigenvalue weighted by atomic mass is 10.1. The lowest BCUT2D eigenvalue weighted by Crippen LogP contribution is -2.50. The molecular formula is C19H24Cl2N4O2. The monoisotopic (exact) mass is 410 g/mol. The Morgan fingerprint density at radius 2 is 1.59 bits per heavy atom. The number of nitrogen functional groups attached to an aromatic ring is 1. The molecule has 1 aliphatic heterocycles. The molecule has 0 unspecified atom stereocenters. The van der Waals surface area contributed by atoms with Crippen LogP contribution < -0.4 is 11.1 Å². The summed E-state index contributed by atoms with van der Waals surface area (Å²) in [7, 11) is 0. The van der Waals surface area contributed by atoms with Crippen molar-refractivity contribution >= 4 is 48.0 Å². The van der Waals surface area contributed by atoms with Gasteiger partial charge in [0.15, 0.2) is 0 Å². The van der Waals surface area contributed by atoms with Gasteiger partial charge in [0.05, 0.1) is 6.54 Å². The molecule has 0 radical (unpaired) electrons. The Morgan fingerprint density at radius 1 is 0.926 bits per heavy atom. The van der Waals surface area contributed by atoms with Gasteiger partial charge in [0.2, 0.25) is 5.91 Å². The van der Waals surface area contributed by atoms with E-state index in [4.69, 9.17) is 5.73 Å². The molecule has 0 spiro atoms. The van der Waals surface area contributed by atoms with Crippen molar-refractivity contribution in [1.29, 1.82) is 0 Å². The topological polar surface area (TPSA) is 78.7 Å². The van der Waals surface area contributed by atoms with Crippen LogP contribution >= 0.6 is 24.8 Å². The number of carbonyl (C=O) groups is 2. The van der Waals surface area contributed by atoms with Crippen LogP contribution in [-0.2, 0) is 4.79 Å². The second-order valence-corrected chi connectivity index (χ2v) is 6.11. The van der Waals surface area contributed by atoms with E-state index in [1.807, 2.05) is 30.3 Å². The number of rotatable bonds is 4. The van der Waals surface area contributed by atoms with Crippen molar-refractivity contribution in [3.8, 4) is 0 Å². The minimum Gasteiger partial charge on any atom is -0.399 e. The fourth-order valence-corrected chi connectivity index (χ4v) is 2.89. The van der Waals surface area contributed by atoms with Gasteiger partial charge in [-0.15, -0.1) is 24.8 Å². The van der Waals surface area contributed by atoms with Gasteiger partial charge in [0.25, 0.3) is 5.91 Å². The number of halogens is 2. The number of carbonyl (C=O) groups excluding carboxylic acids is 2. The van der Waals surface area contributed by atoms with E-state index >= 15 is 0 Å². The maximum absolute atomic E-state index is 12.5. The number of hydrogen-bond acceptors (Lipinski definition) is 4. The average molecular weight is 411 g/mol. The summed E-state index contributed by atoms with van der Waals surface area (Å²) in [5.41, 5.74) is 7.73. The molecule has 3 rings (SSSR count). The third-order valence-electron chi connectivity index (χ3n) is 4.22. The fraction of sp³-hybridized carbons (Fsp3) is 0.263. The van der Waals surface area contributed by atoms with Crippen molar-refractivity contribution < 1.29 is 9.59 Å². The maximum Gasteiger partial charge on any atom is 0.254 e. The molecule has 0 aromatic heterocycles. The van der Waals surface area contributed by atoms with Crippen molar-refractivity contribution in [2.75, 3.05) is 43.8 Å².